The number of fused-ring (bicyclic) bond motifs is 1. The van der Waals surface area contributed by atoms with Crippen LogP contribution in [0.1, 0.15) is 31.2 Å². The molecule has 1 aromatic rings. The molecule has 1 aromatic heterocycles. The minimum absolute atomic E-state index is 0.0664. The Morgan fingerprint density at radius 2 is 2.38 bits per heavy atom. The normalized spacial score (nSPS) is 29.7. The summed E-state index contributed by atoms with van der Waals surface area (Å²) in [5.41, 5.74) is -0.884. The summed E-state index contributed by atoms with van der Waals surface area (Å²) in [5, 5.41) is 10.3. The van der Waals surface area contributed by atoms with Crippen LogP contribution in [0.15, 0.2) is 10.4 Å². The van der Waals surface area contributed by atoms with Crippen molar-refractivity contribution in [3.8, 4) is 0 Å². The highest BCUT2D eigenvalue weighted by Gasteiger charge is 2.57. The number of hydrogen-bond donors (Lipinski definition) is 1. The molecule has 0 aromatic carbocycles. The average Bonchev–Trinajstić information content (AvgIpc) is 3.12. The van der Waals surface area contributed by atoms with E-state index in [0.29, 0.717) is 19.4 Å². The van der Waals surface area contributed by atoms with E-state index < -0.39 is 21.4 Å². The van der Waals surface area contributed by atoms with Gasteiger partial charge in [-0.3, -0.25) is 4.79 Å². The van der Waals surface area contributed by atoms with Crippen molar-refractivity contribution in [1.29, 1.82) is 0 Å². The summed E-state index contributed by atoms with van der Waals surface area (Å²) in [4.78, 5) is 15.7. The van der Waals surface area contributed by atoms with Gasteiger partial charge in [-0.25, -0.2) is 13.4 Å². The highest BCUT2D eigenvalue weighted by molar-refractivity contribution is 7.91. The summed E-state index contributed by atoms with van der Waals surface area (Å²) >= 11 is 1.17. The zero-order chi connectivity index (χ0) is 15.3. The number of aryl methyl sites for hydroxylation is 1. The number of aromatic nitrogens is 1. The van der Waals surface area contributed by atoms with Gasteiger partial charge < -0.3 is 5.11 Å². The Morgan fingerprint density at radius 3 is 2.95 bits per heavy atom. The van der Waals surface area contributed by atoms with E-state index in [0.717, 1.165) is 17.8 Å². The molecule has 0 bridgehead atoms. The number of rotatable bonds is 4. The maximum atomic E-state index is 12.7. The number of hydrogen-bond acceptors (Lipinski definition) is 5. The Balaban J connectivity index is 1.90. The second-order valence-electron chi connectivity index (χ2n) is 5.77. The monoisotopic (exact) mass is 330 g/mol. The Kier molecular flexibility index (Phi) is 3.58. The molecule has 1 aliphatic carbocycles. The van der Waals surface area contributed by atoms with Gasteiger partial charge in [0.05, 0.1) is 16.6 Å². The number of thiazole rings is 1. The Bertz CT molecular complexity index is 669. The first-order chi connectivity index (χ1) is 9.90. The number of aliphatic carboxylic acids is 1. The first-order valence-corrected chi connectivity index (χ1v) is 9.34. The fourth-order valence-corrected chi connectivity index (χ4v) is 6.31. The quantitative estimate of drug-likeness (QED) is 0.905. The van der Waals surface area contributed by atoms with Crippen LogP contribution in [-0.2, 0) is 21.2 Å². The van der Waals surface area contributed by atoms with Crippen molar-refractivity contribution in [2.45, 2.75) is 36.8 Å². The van der Waals surface area contributed by atoms with Gasteiger partial charge in [0.25, 0.3) is 10.0 Å². The van der Waals surface area contributed by atoms with E-state index in [1.165, 1.54) is 21.8 Å². The Morgan fingerprint density at radius 1 is 1.62 bits per heavy atom. The van der Waals surface area contributed by atoms with Crippen molar-refractivity contribution in [2.24, 2.45) is 11.3 Å². The molecular formula is C13H18N2O4S2. The highest BCUT2D eigenvalue weighted by atomic mass is 32.2. The van der Waals surface area contributed by atoms with Gasteiger partial charge in [0.2, 0.25) is 0 Å². The molecule has 2 heterocycles. The van der Waals surface area contributed by atoms with Crippen LogP contribution in [0, 0.1) is 11.3 Å². The largest absolute Gasteiger partial charge is 0.481 e. The van der Waals surface area contributed by atoms with Crippen LogP contribution in [0.3, 0.4) is 0 Å². The van der Waals surface area contributed by atoms with Crippen LogP contribution >= 0.6 is 11.3 Å². The second kappa shape index (κ2) is 5.03. The van der Waals surface area contributed by atoms with E-state index in [9.17, 15) is 18.3 Å². The molecule has 0 amide bonds. The lowest BCUT2D eigenvalue weighted by molar-refractivity contribution is -0.149. The van der Waals surface area contributed by atoms with Gasteiger partial charge in [-0.1, -0.05) is 13.3 Å². The van der Waals surface area contributed by atoms with Gasteiger partial charge in [-0.05, 0) is 25.2 Å². The van der Waals surface area contributed by atoms with Crippen molar-refractivity contribution >= 4 is 27.3 Å². The molecule has 0 spiro atoms. The van der Waals surface area contributed by atoms with Gasteiger partial charge >= 0.3 is 5.97 Å². The Hall–Kier alpha value is -0.990. The molecule has 8 heteroatoms. The molecule has 21 heavy (non-hydrogen) atoms. The third-order valence-corrected chi connectivity index (χ3v) is 8.08. The maximum Gasteiger partial charge on any atom is 0.311 e. The fraction of sp³-hybridized carbons (Fsp3) is 0.692. The van der Waals surface area contributed by atoms with Crippen molar-refractivity contribution in [3.63, 3.8) is 0 Å². The molecule has 0 radical (unpaired) electrons. The van der Waals surface area contributed by atoms with Gasteiger partial charge in [0.15, 0.2) is 4.21 Å². The molecule has 1 N–H and O–H groups in total. The van der Waals surface area contributed by atoms with Gasteiger partial charge in [0.1, 0.15) is 0 Å². The topological polar surface area (TPSA) is 87.6 Å². The number of carboxylic acid groups (broad SMARTS) is 1. The van der Waals surface area contributed by atoms with Gasteiger partial charge in [-0.2, -0.15) is 4.31 Å². The van der Waals surface area contributed by atoms with Crippen LogP contribution in [0.5, 0.6) is 0 Å². The molecule has 2 aliphatic rings. The lowest BCUT2D eigenvalue weighted by Gasteiger charge is -2.23. The number of carboxylic acids is 1. The van der Waals surface area contributed by atoms with E-state index in [2.05, 4.69) is 4.98 Å². The summed E-state index contributed by atoms with van der Waals surface area (Å²) in [5.74, 6) is -0.926. The van der Waals surface area contributed by atoms with Crippen LogP contribution in [0.2, 0.25) is 0 Å². The van der Waals surface area contributed by atoms with Crippen LogP contribution in [-0.4, -0.2) is 41.9 Å². The SMILES string of the molecule is CCc1ncc(S(=O)(=O)N2C[C@@H]3CCC[C@@]3(C(=O)O)C2)s1. The van der Waals surface area contributed by atoms with Crippen molar-refractivity contribution in [2.75, 3.05) is 13.1 Å². The first kappa shape index (κ1) is 14.9. The van der Waals surface area contributed by atoms with Gasteiger partial charge in [0, 0.05) is 13.1 Å². The van der Waals surface area contributed by atoms with Crippen LogP contribution in [0.4, 0.5) is 0 Å². The average molecular weight is 330 g/mol. The fourth-order valence-electron chi connectivity index (χ4n) is 3.48. The minimum Gasteiger partial charge on any atom is -0.481 e. The molecule has 2 fully saturated rings. The summed E-state index contributed by atoms with van der Waals surface area (Å²) in [6, 6.07) is 0. The third kappa shape index (κ3) is 2.20. The molecule has 2 atom stereocenters. The van der Waals surface area contributed by atoms with E-state index in [4.69, 9.17) is 0 Å². The molecule has 1 saturated heterocycles. The number of carbonyl (C=O) groups is 1. The number of nitrogens with zero attached hydrogens (tertiary/aromatic N) is 2. The smallest absolute Gasteiger partial charge is 0.311 e. The Labute approximate surface area is 127 Å². The molecule has 6 nitrogen and oxygen atoms in total. The molecule has 1 saturated carbocycles. The summed E-state index contributed by atoms with van der Waals surface area (Å²) in [7, 11) is -3.62. The van der Waals surface area contributed by atoms with Crippen LogP contribution in [0.25, 0.3) is 0 Å². The standard InChI is InChI=1S/C13H18N2O4S2/c1-2-10-14-6-11(20-10)21(18,19)15-7-9-4-3-5-13(9,8-15)12(16)17/h6,9H,2-5,7-8H2,1H3,(H,16,17)/t9-,13+/m0/s1. The first-order valence-electron chi connectivity index (χ1n) is 7.08. The predicted molar refractivity (Wildman–Crippen MR) is 77.7 cm³/mol. The third-order valence-electron chi connectivity index (χ3n) is 4.69. The van der Waals surface area contributed by atoms with Crippen molar-refractivity contribution < 1.29 is 18.3 Å². The molecular weight excluding hydrogens is 312 g/mol. The molecule has 0 unspecified atom stereocenters. The number of sulfonamides is 1. The van der Waals surface area contributed by atoms with E-state index in [-0.39, 0.29) is 16.7 Å². The highest BCUT2D eigenvalue weighted by Crippen LogP contribution is 2.50. The summed E-state index contributed by atoms with van der Waals surface area (Å²) in [6.07, 6.45) is 4.32. The van der Waals surface area contributed by atoms with Crippen molar-refractivity contribution in [1.82, 2.24) is 9.29 Å². The molecule has 116 valence electrons. The maximum absolute atomic E-state index is 12.7. The zero-order valence-corrected chi connectivity index (χ0v) is 13.4. The summed E-state index contributed by atoms with van der Waals surface area (Å²) < 4.78 is 26.9. The van der Waals surface area contributed by atoms with E-state index in [1.807, 2.05) is 6.92 Å². The lowest BCUT2D eigenvalue weighted by Crippen LogP contribution is -2.37. The molecule has 3 rings (SSSR count). The van der Waals surface area contributed by atoms with E-state index >= 15 is 0 Å². The van der Waals surface area contributed by atoms with Crippen LogP contribution < -0.4 is 0 Å². The van der Waals surface area contributed by atoms with Crippen molar-refractivity contribution in [3.05, 3.63) is 11.2 Å². The zero-order valence-electron chi connectivity index (χ0n) is 11.8. The summed E-state index contributed by atoms with van der Waals surface area (Å²) in [6.45, 7) is 2.33. The lowest BCUT2D eigenvalue weighted by atomic mass is 9.81. The van der Waals surface area contributed by atoms with Gasteiger partial charge in [-0.15, -0.1) is 11.3 Å². The second-order valence-corrected chi connectivity index (χ2v) is 9.05. The predicted octanol–water partition coefficient (Wildman–Crippen LogP) is 1.58. The molecule has 1 aliphatic heterocycles. The minimum atomic E-state index is -3.62. The van der Waals surface area contributed by atoms with E-state index in [1.54, 1.807) is 0 Å².